The minimum absolute atomic E-state index is 0.00885. The highest BCUT2D eigenvalue weighted by Gasteiger charge is 2.21. The van der Waals surface area contributed by atoms with Crippen LogP contribution in [0.4, 0.5) is 4.39 Å². The third kappa shape index (κ3) is 6.08. The molecule has 2 N–H and O–H groups in total. The summed E-state index contributed by atoms with van der Waals surface area (Å²) < 4.78 is 18.1. The molecule has 8 heteroatoms. The number of rotatable bonds is 8. The molecule has 0 bridgehead atoms. The lowest BCUT2D eigenvalue weighted by molar-refractivity contribution is -0.308. The van der Waals surface area contributed by atoms with Crippen LogP contribution >= 0.6 is 0 Å². The van der Waals surface area contributed by atoms with Gasteiger partial charge < -0.3 is 25.0 Å². The van der Waals surface area contributed by atoms with Gasteiger partial charge in [0.1, 0.15) is 11.5 Å². The summed E-state index contributed by atoms with van der Waals surface area (Å²) in [5.41, 5.74) is 0.211. The van der Waals surface area contributed by atoms with Gasteiger partial charge in [0.05, 0.1) is 18.3 Å². The molecule has 0 spiro atoms. The molecule has 1 aromatic heterocycles. The fourth-order valence-electron chi connectivity index (χ4n) is 2.40. The molecule has 2 rings (SSSR count). The van der Waals surface area contributed by atoms with Crippen molar-refractivity contribution in [2.45, 2.75) is 26.3 Å². The first-order valence-corrected chi connectivity index (χ1v) is 8.60. The van der Waals surface area contributed by atoms with Crippen LogP contribution in [0.2, 0.25) is 0 Å². The lowest BCUT2D eigenvalue weighted by Crippen LogP contribution is -2.50. The van der Waals surface area contributed by atoms with Gasteiger partial charge in [0.15, 0.2) is 5.76 Å². The second-order valence-electron chi connectivity index (χ2n) is 6.52. The van der Waals surface area contributed by atoms with Crippen LogP contribution in [0.25, 0.3) is 6.08 Å². The Kier molecular flexibility index (Phi) is 7.08. The van der Waals surface area contributed by atoms with Gasteiger partial charge in [-0.2, -0.15) is 0 Å². The summed E-state index contributed by atoms with van der Waals surface area (Å²) in [6.45, 7) is 3.60. The maximum Gasteiger partial charge on any atom is 0.291 e. The zero-order valence-electron chi connectivity index (χ0n) is 15.4. The average molecular weight is 387 g/mol. The van der Waals surface area contributed by atoms with Crippen LogP contribution in [-0.2, 0) is 9.59 Å². The van der Waals surface area contributed by atoms with Gasteiger partial charge in [-0.05, 0) is 48.2 Å². The van der Waals surface area contributed by atoms with Gasteiger partial charge in [-0.1, -0.05) is 26.0 Å². The maximum atomic E-state index is 13.1. The van der Waals surface area contributed by atoms with Crippen molar-refractivity contribution in [2.24, 2.45) is 5.92 Å². The molecule has 1 atom stereocenters. The van der Waals surface area contributed by atoms with Crippen LogP contribution in [-0.4, -0.2) is 23.8 Å². The zero-order chi connectivity index (χ0) is 20.7. The summed E-state index contributed by atoms with van der Waals surface area (Å²) in [6, 6.07) is 6.89. The van der Waals surface area contributed by atoms with E-state index in [9.17, 15) is 23.9 Å². The predicted octanol–water partition coefficient (Wildman–Crippen LogP) is 1.47. The maximum absolute atomic E-state index is 13.1. The van der Waals surface area contributed by atoms with Crippen molar-refractivity contribution in [3.05, 3.63) is 65.5 Å². The van der Waals surface area contributed by atoms with E-state index >= 15 is 0 Å². The molecule has 1 heterocycles. The van der Waals surface area contributed by atoms with E-state index in [0.29, 0.717) is 5.56 Å². The van der Waals surface area contributed by atoms with Crippen molar-refractivity contribution in [3.8, 4) is 0 Å². The Morgan fingerprint density at radius 1 is 1.18 bits per heavy atom. The van der Waals surface area contributed by atoms with Crippen LogP contribution in [0, 0.1) is 11.7 Å². The Labute approximate surface area is 161 Å². The van der Waals surface area contributed by atoms with E-state index in [2.05, 4.69) is 10.6 Å². The minimum Gasteiger partial charge on any atom is -0.548 e. The molecule has 0 unspecified atom stereocenters. The van der Waals surface area contributed by atoms with Crippen LogP contribution in [0.1, 0.15) is 36.4 Å². The molecule has 0 saturated heterocycles. The Hall–Kier alpha value is -3.42. The number of benzene rings is 1. The summed E-state index contributed by atoms with van der Waals surface area (Å²) >= 11 is 0. The molecular weight excluding hydrogens is 367 g/mol. The first-order chi connectivity index (χ1) is 13.3. The Morgan fingerprint density at radius 3 is 2.39 bits per heavy atom. The highest BCUT2D eigenvalue weighted by atomic mass is 19.1. The standard InChI is InChI=1S/C20H21FN2O5/c1-12(2)10-16(20(26)27)23-18(24)15(11-13-5-7-14(21)8-6-13)22-19(25)17-4-3-9-28-17/h3-9,11-12,16H,10H2,1-2H3,(H,22,25)(H,23,24)(H,26,27)/p-1/b15-11+/t16-/m0/s1. The van der Waals surface area contributed by atoms with E-state index in [1.54, 1.807) is 13.8 Å². The molecule has 0 aliphatic rings. The smallest absolute Gasteiger partial charge is 0.291 e. The van der Waals surface area contributed by atoms with Gasteiger partial charge in [0, 0.05) is 0 Å². The van der Waals surface area contributed by atoms with E-state index in [-0.39, 0.29) is 23.8 Å². The number of carboxylic acids is 1. The molecule has 0 aliphatic carbocycles. The van der Waals surface area contributed by atoms with E-state index in [4.69, 9.17) is 4.42 Å². The topological polar surface area (TPSA) is 111 Å². The molecule has 28 heavy (non-hydrogen) atoms. The Morgan fingerprint density at radius 2 is 1.86 bits per heavy atom. The van der Waals surface area contributed by atoms with Gasteiger partial charge in [-0.15, -0.1) is 0 Å². The predicted molar refractivity (Wildman–Crippen MR) is 96.9 cm³/mol. The van der Waals surface area contributed by atoms with Crippen molar-refractivity contribution in [3.63, 3.8) is 0 Å². The monoisotopic (exact) mass is 387 g/mol. The molecular formula is C20H20FN2O5-. The lowest BCUT2D eigenvalue weighted by atomic mass is 10.0. The zero-order valence-corrected chi connectivity index (χ0v) is 15.4. The highest BCUT2D eigenvalue weighted by Crippen LogP contribution is 2.10. The number of carbonyl (C=O) groups excluding carboxylic acids is 3. The summed E-state index contributed by atoms with van der Waals surface area (Å²) in [5, 5.41) is 16.0. The number of furan rings is 1. The SMILES string of the molecule is CC(C)C[C@H](NC(=O)/C(=C\c1ccc(F)cc1)NC(=O)c1ccco1)C(=O)[O-]. The van der Waals surface area contributed by atoms with Crippen molar-refractivity contribution in [2.75, 3.05) is 0 Å². The molecule has 0 aliphatic heterocycles. The summed E-state index contributed by atoms with van der Waals surface area (Å²) in [5.74, 6) is -3.44. The van der Waals surface area contributed by atoms with Crippen molar-refractivity contribution in [1.29, 1.82) is 0 Å². The number of hydrogen-bond acceptors (Lipinski definition) is 5. The third-order valence-electron chi connectivity index (χ3n) is 3.72. The van der Waals surface area contributed by atoms with Gasteiger partial charge >= 0.3 is 0 Å². The molecule has 1 aromatic carbocycles. The molecule has 148 valence electrons. The van der Waals surface area contributed by atoms with Gasteiger partial charge in [0.2, 0.25) is 0 Å². The third-order valence-corrected chi connectivity index (χ3v) is 3.72. The number of amides is 2. The van der Waals surface area contributed by atoms with Gasteiger partial charge in [0.25, 0.3) is 11.8 Å². The largest absolute Gasteiger partial charge is 0.548 e. The fraction of sp³-hybridized carbons (Fsp3) is 0.250. The van der Waals surface area contributed by atoms with Crippen LogP contribution < -0.4 is 15.7 Å². The Bertz CT molecular complexity index is 857. The van der Waals surface area contributed by atoms with E-state index in [0.717, 1.165) is 0 Å². The number of carboxylic acid groups (broad SMARTS) is 1. The van der Waals surface area contributed by atoms with Gasteiger partial charge in [-0.3, -0.25) is 9.59 Å². The lowest BCUT2D eigenvalue weighted by Gasteiger charge is -2.22. The van der Waals surface area contributed by atoms with Crippen LogP contribution in [0.3, 0.4) is 0 Å². The summed E-state index contributed by atoms with van der Waals surface area (Å²) in [4.78, 5) is 36.2. The second kappa shape index (κ2) is 9.50. The fourth-order valence-corrected chi connectivity index (χ4v) is 2.40. The number of halogens is 1. The van der Waals surface area contributed by atoms with Crippen molar-refractivity contribution >= 4 is 23.9 Å². The minimum atomic E-state index is -1.43. The number of carbonyl (C=O) groups is 3. The number of aliphatic carboxylic acids is 1. The molecule has 2 aromatic rings. The van der Waals surface area contributed by atoms with Crippen LogP contribution in [0.15, 0.2) is 52.8 Å². The van der Waals surface area contributed by atoms with Gasteiger partial charge in [-0.25, -0.2) is 4.39 Å². The molecule has 7 nitrogen and oxygen atoms in total. The van der Waals surface area contributed by atoms with E-state index in [1.807, 2.05) is 0 Å². The quantitative estimate of drug-likeness (QED) is 0.667. The van der Waals surface area contributed by atoms with E-state index in [1.165, 1.54) is 48.7 Å². The van der Waals surface area contributed by atoms with E-state index < -0.39 is 29.6 Å². The number of nitrogens with one attached hydrogen (secondary N) is 2. The molecule has 0 fully saturated rings. The van der Waals surface area contributed by atoms with Crippen LogP contribution in [0.5, 0.6) is 0 Å². The number of hydrogen-bond donors (Lipinski definition) is 2. The highest BCUT2D eigenvalue weighted by molar-refractivity contribution is 6.05. The van der Waals surface area contributed by atoms with Crippen molar-refractivity contribution < 1.29 is 28.3 Å². The first kappa shape index (κ1) is 20.9. The first-order valence-electron chi connectivity index (χ1n) is 8.60. The summed E-state index contributed by atoms with van der Waals surface area (Å²) in [7, 11) is 0. The molecule has 2 amide bonds. The molecule has 0 saturated carbocycles. The average Bonchev–Trinajstić information content (AvgIpc) is 3.16. The molecule has 0 radical (unpaired) electrons. The summed E-state index contributed by atoms with van der Waals surface area (Å²) in [6.07, 6.45) is 2.76. The normalized spacial score (nSPS) is 12.5. The van der Waals surface area contributed by atoms with Crippen molar-refractivity contribution in [1.82, 2.24) is 10.6 Å². The second-order valence-corrected chi connectivity index (χ2v) is 6.52. The Balaban J connectivity index is 2.28.